The number of hydrogen-bond acceptors (Lipinski definition) is 3. The van der Waals surface area contributed by atoms with Crippen molar-refractivity contribution in [2.45, 2.75) is 18.9 Å². The van der Waals surface area contributed by atoms with E-state index in [4.69, 9.17) is 28.9 Å². The lowest BCUT2D eigenvalue weighted by Gasteiger charge is -2.25. The third kappa shape index (κ3) is 3.87. The normalized spacial score (nSPS) is 17.9. The average Bonchev–Trinajstić information content (AvgIpc) is 2.96. The van der Waals surface area contributed by atoms with E-state index in [2.05, 4.69) is 5.32 Å². The second-order valence-corrected chi connectivity index (χ2v) is 5.71. The molecule has 0 aliphatic carbocycles. The van der Waals surface area contributed by atoms with Gasteiger partial charge in [0.25, 0.3) is 0 Å². The molecule has 3 N–H and O–H groups in total. The number of amides is 2. The van der Waals surface area contributed by atoms with Gasteiger partial charge in [-0.1, -0.05) is 29.3 Å². The summed E-state index contributed by atoms with van der Waals surface area (Å²) < 4.78 is 0. The number of nitrogens with two attached hydrogens (primary N) is 1. The monoisotopic (exact) mass is 329 g/mol. The Bertz CT molecular complexity index is 551. The maximum absolute atomic E-state index is 12.2. The molecular formula is C14H17Cl2N3O2. The van der Waals surface area contributed by atoms with Crippen LogP contribution in [0.4, 0.5) is 0 Å². The Kier molecular flexibility index (Phi) is 5.45. The van der Waals surface area contributed by atoms with Crippen LogP contribution in [0.3, 0.4) is 0 Å². The topological polar surface area (TPSA) is 75.4 Å². The van der Waals surface area contributed by atoms with E-state index in [1.165, 1.54) is 0 Å². The van der Waals surface area contributed by atoms with Crippen molar-refractivity contribution in [3.05, 3.63) is 33.8 Å². The van der Waals surface area contributed by atoms with Gasteiger partial charge in [0.1, 0.15) is 0 Å². The second kappa shape index (κ2) is 7.11. The summed E-state index contributed by atoms with van der Waals surface area (Å²) in [6.07, 6.45) is 1.79. The van der Waals surface area contributed by atoms with Crippen LogP contribution >= 0.6 is 23.2 Å². The maximum atomic E-state index is 12.2. The lowest BCUT2D eigenvalue weighted by atomic mass is 10.0. The third-order valence-electron chi connectivity index (χ3n) is 3.52. The number of nitrogens with zero attached hydrogens (tertiary/aromatic N) is 1. The molecule has 1 aromatic rings. The molecule has 114 valence electrons. The van der Waals surface area contributed by atoms with Gasteiger partial charge < -0.3 is 16.0 Å². The molecule has 0 saturated carbocycles. The number of rotatable bonds is 4. The number of carbonyl (C=O) groups is 2. The van der Waals surface area contributed by atoms with E-state index in [0.717, 1.165) is 18.4 Å². The molecule has 1 unspecified atom stereocenters. The summed E-state index contributed by atoms with van der Waals surface area (Å²) in [5.41, 5.74) is 6.16. The second-order valence-electron chi connectivity index (χ2n) is 4.90. The van der Waals surface area contributed by atoms with Gasteiger partial charge in [-0.25, -0.2) is 0 Å². The lowest BCUT2D eigenvalue weighted by molar-refractivity contribution is -0.133. The molecule has 21 heavy (non-hydrogen) atoms. The Balaban J connectivity index is 2.07. The number of benzene rings is 1. The van der Waals surface area contributed by atoms with Crippen LogP contribution in [0.2, 0.25) is 10.0 Å². The van der Waals surface area contributed by atoms with E-state index < -0.39 is 0 Å². The molecule has 0 radical (unpaired) electrons. The van der Waals surface area contributed by atoms with Crippen LogP contribution in [0.25, 0.3) is 0 Å². The van der Waals surface area contributed by atoms with Crippen molar-refractivity contribution in [1.82, 2.24) is 10.2 Å². The molecule has 1 aliphatic heterocycles. The largest absolute Gasteiger partial charge is 0.346 e. The summed E-state index contributed by atoms with van der Waals surface area (Å²) in [5, 5.41) is 3.47. The van der Waals surface area contributed by atoms with Crippen LogP contribution in [0, 0.1) is 0 Å². The minimum atomic E-state index is -0.339. The zero-order valence-electron chi connectivity index (χ0n) is 11.4. The number of hydrogen-bond donors (Lipinski definition) is 2. The zero-order valence-corrected chi connectivity index (χ0v) is 13.0. The molecule has 1 saturated heterocycles. The predicted octanol–water partition coefficient (Wildman–Crippen LogP) is 1.73. The van der Waals surface area contributed by atoms with Crippen molar-refractivity contribution in [1.29, 1.82) is 0 Å². The van der Waals surface area contributed by atoms with Crippen LogP contribution in [-0.2, 0) is 9.59 Å². The Morgan fingerprint density at radius 3 is 2.76 bits per heavy atom. The fraction of sp³-hybridized carbons (Fsp3) is 0.429. The van der Waals surface area contributed by atoms with Gasteiger partial charge in [0.05, 0.1) is 29.2 Å². The van der Waals surface area contributed by atoms with Crippen LogP contribution in [0.1, 0.15) is 24.4 Å². The first-order valence-corrected chi connectivity index (χ1v) is 7.49. The van der Waals surface area contributed by atoms with E-state index in [-0.39, 0.29) is 30.9 Å². The average molecular weight is 330 g/mol. The molecule has 2 amide bonds. The van der Waals surface area contributed by atoms with Gasteiger partial charge in [-0.05, 0) is 30.5 Å². The molecule has 1 atom stereocenters. The summed E-state index contributed by atoms with van der Waals surface area (Å²) in [6, 6.07) is 5.37. The minimum absolute atomic E-state index is 0.0259. The third-order valence-corrected chi connectivity index (χ3v) is 4.26. The predicted molar refractivity (Wildman–Crippen MR) is 82.2 cm³/mol. The molecule has 7 heteroatoms. The number of likely N-dealkylation sites (tertiary alicyclic amines) is 1. The molecule has 0 bridgehead atoms. The molecule has 0 aromatic heterocycles. The van der Waals surface area contributed by atoms with Crippen LogP contribution in [0.5, 0.6) is 0 Å². The number of carbonyl (C=O) groups excluding carboxylic acids is 2. The van der Waals surface area contributed by atoms with Gasteiger partial charge >= 0.3 is 0 Å². The van der Waals surface area contributed by atoms with E-state index >= 15 is 0 Å². The highest BCUT2D eigenvalue weighted by molar-refractivity contribution is 6.42. The Morgan fingerprint density at radius 2 is 2.10 bits per heavy atom. The van der Waals surface area contributed by atoms with Crippen LogP contribution in [0.15, 0.2) is 18.2 Å². The van der Waals surface area contributed by atoms with E-state index in [9.17, 15) is 9.59 Å². The van der Waals surface area contributed by atoms with Crippen molar-refractivity contribution in [2.75, 3.05) is 19.6 Å². The van der Waals surface area contributed by atoms with Crippen molar-refractivity contribution >= 4 is 35.0 Å². The zero-order chi connectivity index (χ0) is 15.4. The molecule has 1 aromatic carbocycles. The first-order chi connectivity index (χ1) is 10.0. The lowest BCUT2D eigenvalue weighted by Crippen LogP contribution is -2.41. The quantitative estimate of drug-likeness (QED) is 0.883. The summed E-state index contributed by atoms with van der Waals surface area (Å²) in [4.78, 5) is 25.1. The molecule has 2 rings (SSSR count). The molecule has 5 nitrogen and oxygen atoms in total. The summed E-state index contributed by atoms with van der Waals surface area (Å²) in [7, 11) is 0. The van der Waals surface area contributed by atoms with Crippen LogP contribution in [-0.4, -0.2) is 36.3 Å². The molecule has 1 aliphatic rings. The standard InChI is InChI=1S/C14H17Cl2N3O2/c15-10-4-3-9(6-11(10)16)12-2-1-5-19(12)14(21)8-18-13(20)7-17/h3-4,6,12H,1-2,5,7-8,17H2,(H,18,20). The first-order valence-electron chi connectivity index (χ1n) is 6.74. The fourth-order valence-corrected chi connectivity index (χ4v) is 2.79. The Hall–Kier alpha value is -1.30. The Morgan fingerprint density at radius 1 is 1.33 bits per heavy atom. The van der Waals surface area contributed by atoms with Crippen LogP contribution < -0.4 is 11.1 Å². The summed E-state index contributed by atoms with van der Waals surface area (Å²) in [5.74, 6) is -0.459. The van der Waals surface area contributed by atoms with Gasteiger partial charge in [0.2, 0.25) is 11.8 Å². The highest BCUT2D eigenvalue weighted by Crippen LogP contribution is 2.34. The smallest absolute Gasteiger partial charge is 0.242 e. The Labute approximate surface area is 133 Å². The van der Waals surface area contributed by atoms with Gasteiger partial charge in [-0.2, -0.15) is 0 Å². The highest BCUT2D eigenvalue weighted by Gasteiger charge is 2.30. The van der Waals surface area contributed by atoms with E-state index in [1.54, 1.807) is 17.0 Å². The van der Waals surface area contributed by atoms with Crippen molar-refractivity contribution < 1.29 is 9.59 Å². The summed E-state index contributed by atoms with van der Waals surface area (Å²) in [6.45, 7) is 0.513. The van der Waals surface area contributed by atoms with Crippen molar-refractivity contribution in [3.63, 3.8) is 0 Å². The minimum Gasteiger partial charge on any atom is -0.346 e. The summed E-state index contributed by atoms with van der Waals surface area (Å²) >= 11 is 11.9. The highest BCUT2D eigenvalue weighted by atomic mass is 35.5. The van der Waals surface area contributed by atoms with Crippen molar-refractivity contribution in [2.24, 2.45) is 5.73 Å². The van der Waals surface area contributed by atoms with Gasteiger partial charge in [-0.15, -0.1) is 0 Å². The molecular weight excluding hydrogens is 313 g/mol. The maximum Gasteiger partial charge on any atom is 0.242 e. The van der Waals surface area contributed by atoms with E-state index in [1.807, 2.05) is 6.07 Å². The fourth-order valence-electron chi connectivity index (χ4n) is 2.48. The molecule has 1 heterocycles. The molecule has 0 spiro atoms. The SMILES string of the molecule is NCC(=O)NCC(=O)N1CCCC1c1ccc(Cl)c(Cl)c1. The molecule has 1 fully saturated rings. The van der Waals surface area contributed by atoms with Gasteiger partial charge in [0.15, 0.2) is 0 Å². The van der Waals surface area contributed by atoms with Crippen molar-refractivity contribution in [3.8, 4) is 0 Å². The van der Waals surface area contributed by atoms with Gasteiger partial charge in [-0.3, -0.25) is 9.59 Å². The first kappa shape index (κ1) is 16.1. The number of halogens is 2. The number of nitrogens with one attached hydrogen (secondary N) is 1. The van der Waals surface area contributed by atoms with Gasteiger partial charge in [0, 0.05) is 6.54 Å². The van der Waals surface area contributed by atoms with E-state index in [0.29, 0.717) is 16.6 Å².